The van der Waals surface area contributed by atoms with Crippen molar-refractivity contribution in [3.63, 3.8) is 0 Å². The Morgan fingerprint density at radius 1 is 1.45 bits per heavy atom. The number of aromatic nitrogens is 2. The summed E-state index contributed by atoms with van der Waals surface area (Å²) in [4.78, 5) is 16.9. The van der Waals surface area contributed by atoms with Crippen LogP contribution >= 0.6 is 0 Å². The van der Waals surface area contributed by atoms with Gasteiger partial charge in [-0.25, -0.2) is 4.98 Å². The van der Waals surface area contributed by atoms with Crippen molar-refractivity contribution in [2.24, 2.45) is 0 Å². The van der Waals surface area contributed by atoms with Gasteiger partial charge in [0, 0.05) is 32.6 Å². The number of hydrogen-bond acceptors (Lipinski definition) is 5. The average Bonchev–Trinajstić information content (AvgIpc) is 2.89. The molecule has 0 spiro atoms. The number of methoxy groups -OCH3 is 2. The summed E-state index contributed by atoms with van der Waals surface area (Å²) in [5.41, 5.74) is 0. The first kappa shape index (κ1) is 16.5. The van der Waals surface area contributed by atoms with Crippen LogP contribution in [0.2, 0.25) is 0 Å². The van der Waals surface area contributed by atoms with Crippen molar-refractivity contribution in [2.45, 2.75) is 19.5 Å². The molecule has 1 aromatic heterocycles. The van der Waals surface area contributed by atoms with Crippen molar-refractivity contribution >= 4 is 5.97 Å². The van der Waals surface area contributed by atoms with Crippen molar-refractivity contribution < 1.29 is 23.0 Å². The molecule has 1 rings (SSSR count). The molecule has 0 atom stereocenters. The molecular weight excluding hydrogens is 272 g/mol. The van der Waals surface area contributed by atoms with Gasteiger partial charge in [-0.1, -0.05) is 0 Å². The van der Waals surface area contributed by atoms with E-state index >= 15 is 0 Å². The molecule has 6 nitrogen and oxygen atoms in total. The normalized spacial score (nSPS) is 11.3. The van der Waals surface area contributed by atoms with Gasteiger partial charge in [0.05, 0.1) is 26.7 Å². The predicted molar refractivity (Wildman–Crippen MR) is 67.3 cm³/mol. The summed E-state index contributed by atoms with van der Waals surface area (Å²) in [5, 5.41) is 0. The molecule has 0 radical (unpaired) electrons. The van der Waals surface area contributed by atoms with E-state index in [1.807, 2.05) is 4.90 Å². The molecule has 0 bridgehead atoms. The minimum Gasteiger partial charge on any atom is -0.469 e. The second-order valence-corrected chi connectivity index (χ2v) is 4.12. The summed E-state index contributed by atoms with van der Waals surface area (Å²) < 4.78 is 35.8. The number of nitrogens with zero attached hydrogens (tertiary/aromatic N) is 3. The fraction of sp³-hybridized carbons (Fsp3) is 0.667. The Bertz CT molecular complexity index is 412. The fourth-order valence-electron chi connectivity index (χ4n) is 1.69. The number of halogens is 2. The molecule has 0 saturated heterocycles. The van der Waals surface area contributed by atoms with Crippen LogP contribution in [0.25, 0.3) is 0 Å². The second-order valence-electron chi connectivity index (χ2n) is 4.12. The van der Waals surface area contributed by atoms with Crippen molar-refractivity contribution in [3.05, 3.63) is 18.2 Å². The first-order valence-electron chi connectivity index (χ1n) is 6.16. The third kappa shape index (κ3) is 5.22. The van der Waals surface area contributed by atoms with E-state index in [-0.39, 0.29) is 24.8 Å². The van der Waals surface area contributed by atoms with E-state index in [0.717, 1.165) is 4.57 Å². The van der Waals surface area contributed by atoms with Gasteiger partial charge in [0.2, 0.25) is 0 Å². The largest absolute Gasteiger partial charge is 0.469 e. The lowest BCUT2D eigenvalue weighted by Gasteiger charge is -2.21. The van der Waals surface area contributed by atoms with Crippen molar-refractivity contribution in [1.29, 1.82) is 0 Å². The highest BCUT2D eigenvalue weighted by Crippen LogP contribution is 2.14. The Labute approximate surface area is 116 Å². The number of carbonyl (C=O) groups is 1. The zero-order chi connectivity index (χ0) is 15.0. The number of esters is 1. The van der Waals surface area contributed by atoms with E-state index in [4.69, 9.17) is 4.74 Å². The van der Waals surface area contributed by atoms with Crippen molar-refractivity contribution in [1.82, 2.24) is 14.5 Å². The van der Waals surface area contributed by atoms with Crippen LogP contribution in [0.15, 0.2) is 12.4 Å². The van der Waals surface area contributed by atoms with E-state index in [2.05, 4.69) is 9.72 Å². The number of alkyl halides is 2. The van der Waals surface area contributed by atoms with Gasteiger partial charge in [-0.15, -0.1) is 0 Å². The molecule has 0 saturated carbocycles. The lowest BCUT2D eigenvalue weighted by molar-refractivity contribution is -0.141. The summed E-state index contributed by atoms with van der Waals surface area (Å²) in [6.45, 7) is -1.05. The lowest BCUT2D eigenvalue weighted by atomic mass is 10.3. The standard InChI is InChI=1S/C12H19F2N3O3/c1-19-8-7-16(5-3-11(18)20-2)9-10-15-4-6-17(10)12(13)14/h4,6,12H,3,5,7-9H2,1-2H3. The molecule has 0 aromatic carbocycles. The smallest absolute Gasteiger partial charge is 0.319 e. The van der Waals surface area contributed by atoms with Gasteiger partial charge in [0.25, 0.3) is 0 Å². The highest BCUT2D eigenvalue weighted by atomic mass is 19.3. The second kappa shape index (κ2) is 8.60. The molecule has 0 aliphatic heterocycles. The Kier molecular flexibility index (Phi) is 7.10. The summed E-state index contributed by atoms with van der Waals surface area (Å²) in [6, 6.07) is 0. The zero-order valence-corrected chi connectivity index (χ0v) is 11.6. The molecular formula is C12H19F2N3O3. The molecule has 0 fully saturated rings. The maximum absolute atomic E-state index is 12.7. The van der Waals surface area contributed by atoms with Crippen LogP contribution in [-0.4, -0.2) is 54.3 Å². The van der Waals surface area contributed by atoms with Gasteiger partial charge in [-0.05, 0) is 0 Å². The predicted octanol–water partition coefficient (Wildman–Crippen LogP) is 1.29. The Morgan fingerprint density at radius 3 is 2.80 bits per heavy atom. The molecule has 0 unspecified atom stereocenters. The van der Waals surface area contributed by atoms with E-state index in [1.54, 1.807) is 7.11 Å². The minimum absolute atomic E-state index is 0.190. The average molecular weight is 291 g/mol. The molecule has 1 aromatic rings. The van der Waals surface area contributed by atoms with E-state index in [0.29, 0.717) is 19.7 Å². The number of ether oxygens (including phenoxy) is 2. The minimum atomic E-state index is -2.63. The molecule has 20 heavy (non-hydrogen) atoms. The first-order valence-corrected chi connectivity index (χ1v) is 6.16. The lowest BCUT2D eigenvalue weighted by Crippen LogP contribution is -2.31. The van der Waals surface area contributed by atoms with Gasteiger partial charge in [-0.3, -0.25) is 14.3 Å². The summed E-state index contributed by atoms with van der Waals surface area (Å²) >= 11 is 0. The van der Waals surface area contributed by atoms with E-state index in [9.17, 15) is 13.6 Å². The molecule has 1 heterocycles. The van der Waals surface area contributed by atoms with Crippen LogP contribution in [0.1, 0.15) is 18.8 Å². The molecule has 0 amide bonds. The summed E-state index contributed by atoms with van der Waals surface area (Å²) in [5.74, 6) is -0.0920. The molecule has 0 aliphatic carbocycles. The van der Waals surface area contributed by atoms with Gasteiger partial charge < -0.3 is 9.47 Å². The van der Waals surface area contributed by atoms with Crippen LogP contribution in [0.4, 0.5) is 8.78 Å². The maximum Gasteiger partial charge on any atom is 0.319 e. The number of imidazole rings is 1. The van der Waals surface area contributed by atoms with Gasteiger partial charge in [-0.2, -0.15) is 8.78 Å². The number of hydrogen-bond donors (Lipinski definition) is 0. The molecule has 0 aliphatic rings. The fourth-order valence-corrected chi connectivity index (χ4v) is 1.69. The third-order valence-corrected chi connectivity index (χ3v) is 2.80. The highest BCUT2D eigenvalue weighted by Gasteiger charge is 2.15. The van der Waals surface area contributed by atoms with Gasteiger partial charge in [0.1, 0.15) is 5.82 Å². The van der Waals surface area contributed by atoms with Gasteiger partial charge >= 0.3 is 12.5 Å². The van der Waals surface area contributed by atoms with Crippen LogP contribution in [0.3, 0.4) is 0 Å². The van der Waals surface area contributed by atoms with Crippen LogP contribution in [0.5, 0.6) is 0 Å². The summed E-state index contributed by atoms with van der Waals surface area (Å²) in [7, 11) is 2.87. The maximum atomic E-state index is 12.7. The van der Waals surface area contributed by atoms with E-state index in [1.165, 1.54) is 19.5 Å². The number of rotatable bonds is 9. The summed E-state index contributed by atoms with van der Waals surface area (Å²) in [6.07, 6.45) is 2.75. The molecule has 8 heteroatoms. The van der Waals surface area contributed by atoms with Crippen LogP contribution in [0, 0.1) is 0 Å². The van der Waals surface area contributed by atoms with Crippen molar-refractivity contribution in [2.75, 3.05) is 33.9 Å². The quantitative estimate of drug-likeness (QED) is 0.642. The topological polar surface area (TPSA) is 56.6 Å². The van der Waals surface area contributed by atoms with Crippen LogP contribution < -0.4 is 0 Å². The Morgan fingerprint density at radius 2 is 2.20 bits per heavy atom. The Balaban J connectivity index is 2.63. The molecule has 0 N–H and O–H groups in total. The SMILES string of the molecule is COCCN(CCC(=O)OC)Cc1nccn1C(F)F. The first-order chi connectivity index (χ1) is 9.58. The number of carbonyl (C=O) groups excluding carboxylic acids is 1. The molecule has 114 valence electrons. The van der Waals surface area contributed by atoms with Crippen molar-refractivity contribution in [3.8, 4) is 0 Å². The van der Waals surface area contributed by atoms with E-state index < -0.39 is 6.55 Å². The zero-order valence-electron chi connectivity index (χ0n) is 11.6. The monoisotopic (exact) mass is 291 g/mol. The Hall–Kier alpha value is -1.54. The third-order valence-electron chi connectivity index (χ3n) is 2.80. The van der Waals surface area contributed by atoms with Gasteiger partial charge in [0.15, 0.2) is 0 Å². The highest BCUT2D eigenvalue weighted by molar-refractivity contribution is 5.69. The van der Waals surface area contributed by atoms with Crippen LogP contribution in [-0.2, 0) is 20.8 Å².